The van der Waals surface area contributed by atoms with E-state index in [2.05, 4.69) is 18.9 Å². The van der Waals surface area contributed by atoms with Crippen molar-refractivity contribution in [3.63, 3.8) is 0 Å². The van der Waals surface area contributed by atoms with Crippen LogP contribution in [-0.4, -0.2) is 40.8 Å². The summed E-state index contributed by atoms with van der Waals surface area (Å²) in [5.41, 5.74) is 0. The Balaban J connectivity index is 2.26. The zero-order valence-corrected chi connectivity index (χ0v) is 11.7. The number of hydrazine groups is 1. The molecule has 2 saturated heterocycles. The molecule has 0 aromatic carbocycles. The molecule has 2 fully saturated rings. The predicted octanol–water partition coefficient (Wildman–Crippen LogP) is 1.85. The molecular formula is C14H24N2O2. The fraction of sp³-hybridized carbons (Fsp3) is 0.857. The first-order valence-corrected chi connectivity index (χ1v) is 7.10. The zero-order chi connectivity index (χ0) is 13.3. The van der Waals surface area contributed by atoms with Crippen LogP contribution in [0.25, 0.3) is 0 Å². The molecule has 4 nitrogen and oxygen atoms in total. The minimum atomic E-state index is -0.217. The van der Waals surface area contributed by atoms with Crippen molar-refractivity contribution in [3.05, 3.63) is 0 Å². The molecule has 2 aliphatic heterocycles. The number of carbonyl (C=O) groups is 2. The van der Waals surface area contributed by atoms with Crippen LogP contribution >= 0.6 is 0 Å². The molecule has 0 saturated carbocycles. The molecule has 2 unspecified atom stereocenters. The molecule has 0 radical (unpaired) electrons. The van der Waals surface area contributed by atoms with Crippen LogP contribution in [0.1, 0.15) is 46.5 Å². The fourth-order valence-electron chi connectivity index (χ4n) is 3.19. The SMILES string of the molecule is CC(=O)C1CCCN2CCCC(C(C)C)C(=O)N12. The summed E-state index contributed by atoms with van der Waals surface area (Å²) in [4.78, 5) is 24.4. The van der Waals surface area contributed by atoms with Gasteiger partial charge in [0.15, 0.2) is 5.78 Å². The summed E-state index contributed by atoms with van der Waals surface area (Å²) < 4.78 is 0. The second-order valence-corrected chi connectivity index (χ2v) is 5.90. The van der Waals surface area contributed by atoms with Crippen molar-refractivity contribution < 1.29 is 9.59 Å². The van der Waals surface area contributed by atoms with E-state index >= 15 is 0 Å². The standard InChI is InChI=1S/C14H24N2O2/c1-10(2)12-6-4-8-15-9-5-7-13(11(3)17)16(15)14(12)18/h10,12-13H,4-9H2,1-3H3. The maximum Gasteiger partial charge on any atom is 0.240 e. The summed E-state index contributed by atoms with van der Waals surface area (Å²) in [5, 5.41) is 3.91. The Morgan fingerprint density at radius 2 is 1.83 bits per heavy atom. The Morgan fingerprint density at radius 1 is 1.22 bits per heavy atom. The summed E-state index contributed by atoms with van der Waals surface area (Å²) in [6.45, 7) is 7.64. The maximum absolute atomic E-state index is 12.7. The van der Waals surface area contributed by atoms with Crippen LogP contribution in [-0.2, 0) is 9.59 Å². The first kappa shape index (κ1) is 13.5. The maximum atomic E-state index is 12.7. The van der Waals surface area contributed by atoms with Gasteiger partial charge in [-0.3, -0.25) is 14.6 Å². The van der Waals surface area contributed by atoms with E-state index in [1.807, 2.05) is 0 Å². The fourth-order valence-corrected chi connectivity index (χ4v) is 3.19. The molecule has 2 atom stereocenters. The van der Waals surface area contributed by atoms with Gasteiger partial charge in [0.05, 0.1) is 0 Å². The molecule has 0 bridgehead atoms. The second kappa shape index (κ2) is 5.39. The highest BCUT2D eigenvalue weighted by atomic mass is 16.2. The van der Waals surface area contributed by atoms with Gasteiger partial charge in [0.2, 0.25) is 5.91 Å². The average molecular weight is 252 g/mol. The largest absolute Gasteiger partial charge is 0.298 e. The molecule has 2 aliphatic rings. The van der Waals surface area contributed by atoms with Gasteiger partial charge < -0.3 is 0 Å². The Bertz CT molecular complexity index is 341. The van der Waals surface area contributed by atoms with Crippen molar-refractivity contribution in [2.24, 2.45) is 11.8 Å². The summed E-state index contributed by atoms with van der Waals surface area (Å²) >= 11 is 0. The number of rotatable bonds is 2. The van der Waals surface area contributed by atoms with Gasteiger partial charge >= 0.3 is 0 Å². The molecule has 2 rings (SSSR count). The highest BCUT2D eigenvalue weighted by Gasteiger charge is 2.40. The summed E-state index contributed by atoms with van der Waals surface area (Å²) in [7, 11) is 0. The van der Waals surface area contributed by atoms with E-state index < -0.39 is 0 Å². The lowest BCUT2D eigenvalue weighted by atomic mass is 9.90. The van der Waals surface area contributed by atoms with Gasteiger partial charge in [0.1, 0.15) is 6.04 Å². The van der Waals surface area contributed by atoms with Gasteiger partial charge in [0, 0.05) is 19.0 Å². The minimum Gasteiger partial charge on any atom is -0.298 e. The van der Waals surface area contributed by atoms with E-state index in [0.717, 1.165) is 38.8 Å². The Kier molecular flexibility index (Phi) is 4.05. The molecule has 0 aliphatic carbocycles. The third-order valence-corrected chi connectivity index (χ3v) is 4.24. The monoisotopic (exact) mass is 252 g/mol. The number of hydrogen-bond acceptors (Lipinski definition) is 3. The number of amides is 1. The molecule has 0 N–H and O–H groups in total. The van der Waals surface area contributed by atoms with Gasteiger partial charge in [-0.15, -0.1) is 0 Å². The van der Waals surface area contributed by atoms with Crippen molar-refractivity contribution >= 4 is 11.7 Å². The van der Waals surface area contributed by atoms with E-state index in [1.54, 1.807) is 11.9 Å². The average Bonchev–Trinajstić information content (AvgIpc) is 2.48. The Hall–Kier alpha value is -0.900. The van der Waals surface area contributed by atoms with Crippen LogP contribution in [0.2, 0.25) is 0 Å². The minimum absolute atomic E-state index is 0.0787. The first-order chi connectivity index (χ1) is 8.52. The van der Waals surface area contributed by atoms with E-state index in [4.69, 9.17) is 0 Å². The zero-order valence-electron chi connectivity index (χ0n) is 11.7. The number of carbonyl (C=O) groups excluding carboxylic acids is 2. The van der Waals surface area contributed by atoms with Crippen LogP contribution in [0.15, 0.2) is 0 Å². The van der Waals surface area contributed by atoms with E-state index in [9.17, 15) is 9.59 Å². The lowest BCUT2D eigenvalue weighted by molar-refractivity contribution is -0.168. The molecule has 4 heteroatoms. The van der Waals surface area contributed by atoms with Crippen molar-refractivity contribution in [3.8, 4) is 0 Å². The van der Waals surface area contributed by atoms with E-state index in [1.165, 1.54) is 0 Å². The van der Waals surface area contributed by atoms with Crippen LogP contribution < -0.4 is 0 Å². The number of hydrogen-bond donors (Lipinski definition) is 0. The van der Waals surface area contributed by atoms with Crippen LogP contribution in [0, 0.1) is 11.8 Å². The van der Waals surface area contributed by atoms with Crippen LogP contribution in [0.4, 0.5) is 0 Å². The van der Waals surface area contributed by atoms with Crippen LogP contribution in [0.3, 0.4) is 0 Å². The third kappa shape index (κ3) is 2.44. The summed E-state index contributed by atoms with van der Waals surface area (Å²) in [6, 6.07) is -0.217. The molecular weight excluding hydrogens is 228 g/mol. The van der Waals surface area contributed by atoms with Crippen LogP contribution in [0.5, 0.6) is 0 Å². The van der Waals surface area contributed by atoms with E-state index in [-0.39, 0.29) is 23.7 Å². The molecule has 18 heavy (non-hydrogen) atoms. The van der Waals surface area contributed by atoms with Gasteiger partial charge in [-0.2, -0.15) is 0 Å². The summed E-state index contributed by atoms with van der Waals surface area (Å²) in [6.07, 6.45) is 3.84. The van der Waals surface area contributed by atoms with Gasteiger partial charge in [-0.1, -0.05) is 13.8 Å². The summed E-state index contributed by atoms with van der Waals surface area (Å²) in [5.74, 6) is 0.724. The van der Waals surface area contributed by atoms with E-state index in [0.29, 0.717) is 5.92 Å². The number of fused-ring (bicyclic) bond motifs is 1. The predicted molar refractivity (Wildman–Crippen MR) is 69.7 cm³/mol. The Morgan fingerprint density at radius 3 is 2.39 bits per heavy atom. The van der Waals surface area contributed by atoms with Crippen molar-refractivity contribution in [1.29, 1.82) is 0 Å². The number of ketones is 1. The molecule has 102 valence electrons. The molecule has 0 spiro atoms. The molecule has 0 aromatic heterocycles. The van der Waals surface area contributed by atoms with Gasteiger partial charge in [-0.05, 0) is 38.5 Å². The molecule has 1 amide bonds. The van der Waals surface area contributed by atoms with Gasteiger partial charge in [0.25, 0.3) is 0 Å². The van der Waals surface area contributed by atoms with Gasteiger partial charge in [-0.25, -0.2) is 5.01 Å². The van der Waals surface area contributed by atoms with Crippen molar-refractivity contribution in [2.75, 3.05) is 13.1 Å². The topological polar surface area (TPSA) is 40.6 Å². The normalized spacial score (nSPS) is 30.2. The quantitative estimate of drug-likeness (QED) is 0.753. The van der Waals surface area contributed by atoms with Crippen molar-refractivity contribution in [1.82, 2.24) is 10.0 Å². The lowest BCUT2D eigenvalue weighted by Gasteiger charge is -2.43. The lowest BCUT2D eigenvalue weighted by Crippen LogP contribution is -2.58. The molecule has 2 heterocycles. The first-order valence-electron chi connectivity index (χ1n) is 7.10. The third-order valence-electron chi connectivity index (χ3n) is 4.24. The number of Topliss-reactive ketones (excluding diaryl/α,β-unsaturated/α-hetero) is 1. The number of nitrogens with zero attached hydrogens (tertiary/aromatic N) is 2. The Labute approximate surface area is 109 Å². The highest BCUT2D eigenvalue weighted by Crippen LogP contribution is 2.30. The smallest absolute Gasteiger partial charge is 0.240 e. The second-order valence-electron chi connectivity index (χ2n) is 5.90. The molecule has 0 aromatic rings. The highest BCUT2D eigenvalue weighted by molar-refractivity contribution is 5.88. The van der Waals surface area contributed by atoms with Crippen molar-refractivity contribution in [2.45, 2.75) is 52.5 Å².